The molecule has 136 heavy (non-hydrogen) atoms. The summed E-state index contributed by atoms with van der Waals surface area (Å²) in [7, 11) is 10.4. The van der Waals surface area contributed by atoms with Crippen molar-refractivity contribution in [3.8, 4) is 85.4 Å². The molecule has 0 atom stereocenters. The molecule has 0 bridgehead atoms. The molecule has 0 N–H and O–H groups in total. The molecule has 20 heteroatoms. The Bertz CT molecular complexity index is 8070. The minimum Gasteiger partial charge on any atom is -0.240 e. The van der Waals surface area contributed by atoms with E-state index in [0.29, 0.717) is 40.0 Å². The molecule has 0 spiro atoms. The van der Waals surface area contributed by atoms with E-state index < -0.39 is 35.4 Å². The summed E-state index contributed by atoms with van der Waals surface area (Å²) in [5, 5.41) is 0. The van der Waals surface area contributed by atoms with E-state index in [4.69, 9.17) is 18.2 Å². The van der Waals surface area contributed by atoms with Crippen LogP contribution in [0.25, 0.3) is 141 Å². The number of imidazole rings is 5. The summed E-state index contributed by atoms with van der Waals surface area (Å²) in [5.41, 5.74) is 31.7. The highest BCUT2D eigenvalue weighted by Crippen LogP contribution is 2.41. The fraction of sp³-hybridized carbons (Fsp3) is 0.267. The SMILES string of the molecule is Cc1ccccc1-c1n(-c2cncnc2)c2ccccc2[n+]1C.Cc1nc(C)c(-n2c(-c3ccccc3C)[n+](C)c3ccccc32)c(C)n1.[2H]C(C)(C)c1nc(C([2H])(C)C)c(-n2c(-c3ccccc3C)[n+](C)c3ccccc32)c(C([2H])(C)C)n1.[2H]C(C)(C)c1ncnc(C([2H])(C)C)c1-n1c(-c2ccccc2C)[n+](C)c2ccccc21.[2H]C(C)(C)c1ncncc1-n1c(-c2ccccc2C)[n+](C)c2ccccc21. The molecule has 0 saturated carbocycles. The van der Waals surface area contributed by atoms with Gasteiger partial charge in [-0.25, -0.2) is 72.7 Å². The molecule has 0 aliphatic carbocycles. The maximum Gasteiger partial charge on any atom is 0.295 e. The largest absolute Gasteiger partial charge is 0.295 e. The van der Waals surface area contributed by atoms with Gasteiger partial charge in [0.15, 0.2) is 83.6 Å². The molecule has 0 aliphatic rings. The number of benzene rings is 10. The van der Waals surface area contributed by atoms with Crippen LogP contribution in [-0.2, 0) is 35.2 Å². The zero-order valence-electron chi connectivity index (χ0n) is 89.0. The predicted octanol–water partition coefficient (Wildman–Crippen LogP) is 23.8. The molecule has 0 fully saturated rings. The van der Waals surface area contributed by atoms with Crippen molar-refractivity contribution in [2.24, 2.45) is 35.2 Å². The fourth-order valence-electron chi connectivity index (χ4n) is 18.8. The molecule has 10 aromatic heterocycles. The number of hydrogen-bond donors (Lipinski definition) is 0. The Morgan fingerprint density at radius 3 is 0.824 bits per heavy atom. The second kappa shape index (κ2) is 40.0. The van der Waals surface area contributed by atoms with Crippen molar-refractivity contribution in [1.82, 2.24) is 72.7 Å². The molecule has 20 aromatic rings. The summed E-state index contributed by atoms with van der Waals surface area (Å²) in [6.07, 6.45) is 10.1. The molecule has 0 amide bonds. The smallest absolute Gasteiger partial charge is 0.240 e. The van der Waals surface area contributed by atoms with Crippen LogP contribution in [0.5, 0.6) is 0 Å². The standard InChI is InChI=1S/C28H35N4.C25H29N4.2C22H23N4.C19H17N4/c1-17(2)24-26(25(18(3)4)30-27(29-24)19(5)6)32-23-16-12-11-15-22(23)31(8)28(32)21-14-10-9-13-20(21)7;1-16(2)22-24(23(17(3)4)27-15-26-22)29-21-14-10-9-13-20(21)28(6)25(29)19-12-8-7-11-18(19)5;1-14-10-6-7-11-18(14)22-25(5)19-12-8-9-13-20(19)26(22)21-15(2)23-17(4)24-16(21)3;1-15(2)21-20(13-23-14-24-21)26-19-12-8-7-11-18(19)25(4)22(26)17-10-6-5-9-16(17)3;1-14-7-3-4-8-16(14)19-22(2)17-9-5-6-10-18(17)23(19)15-11-20-13-21-12-15/h9-19H,1-8H3;7-17H,1-6H3;6-13H,1-5H3;5-15H,1-4H3;3-13H,1-2H3/q5*+1/i17D,18D,19D;16D,17D;;15D;. The van der Waals surface area contributed by atoms with Gasteiger partial charge in [-0.3, -0.25) is 0 Å². The van der Waals surface area contributed by atoms with Crippen molar-refractivity contribution in [3.05, 3.63) is 360 Å². The first-order chi connectivity index (χ1) is 67.3. The van der Waals surface area contributed by atoms with Gasteiger partial charge in [0.05, 0.1) is 122 Å². The van der Waals surface area contributed by atoms with Crippen LogP contribution in [0.3, 0.4) is 0 Å². The number of nitrogens with zero attached hydrogens (tertiary/aromatic N) is 20. The number of aryl methyl sites for hydroxylation is 13. The number of para-hydroxylation sites is 10. The number of aromatic nitrogens is 20. The summed E-state index contributed by atoms with van der Waals surface area (Å²) in [5.74, 6) is 0.328. The van der Waals surface area contributed by atoms with Crippen molar-refractivity contribution in [2.75, 3.05) is 0 Å². The molecule has 20 rings (SSSR count). The molecule has 20 nitrogen and oxygen atoms in total. The maximum absolute atomic E-state index is 9.06. The molecule has 0 aliphatic heterocycles. The van der Waals surface area contributed by atoms with E-state index in [9.17, 15) is 0 Å². The van der Waals surface area contributed by atoms with Crippen molar-refractivity contribution >= 4 is 55.2 Å². The monoisotopic (exact) mass is 1810 g/mol. The van der Waals surface area contributed by atoms with Crippen LogP contribution in [0.2, 0.25) is 0 Å². The molecule has 0 unspecified atom stereocenters. The Kier molecular flexibility index (Phi) is 25.4. The van der Waals surface area contributed by atoms with Gasteiger partial charge in [-0.1, -0.05) is 235 Å². The van der Waals surface area contributed by atoms with E-state index in [0.717, 1.165) is 141 Å². The van der Waals surface area contributed by atoms with Crippen molar-refractivity contribution in [2.45, 2.75) is 174 Å². The van der Waals surface area contributed by atoms with Crippen LogP contribution in [-0.4, -0.2) is 72.7 Å². The fourth-order valence-corrected chi connectivity index (χ4v) is 18.8. The van der Waals surface area contributed by atoms with Crippen LogP contribution in [0.1, 0.15) is 206 Å². The van der Waals surface area contributed by atoms with Crippen molar-refractivity contribution < 1.29 is 31.1 Å². The Morgan fingerprint density at radius 2 is 0.507 bits per heavy atom. The van der Waals surface area contributed by atoms with E-state index in [1.165, 1.54) is 51.5 Å². The lowest BCUT2D eigenvalue weighted by Crippen LogP contribution is -2.30. The van der Waals surface area contributed by atoms with E-state index >= 15 is 0 Å². The summed E-state index contributed by atoms with van der Waals surface area (Å²) in [6, 6.07) is 83.4. The average Bonchev–Trinajstić information content (AvgIpc) is 1.54. The number of hydrogen-bond acceptors (Lipinski definition) is 10. The third kappa shape index (κ3) is 17.9. The van der Waals surface area contributed by atoms with E-state index in [1.54, 1.807) is 47.9 Å². The summed E-state index contributed by atoms with van der Waals surface area (Å²) in [6.45, 7) is 38.4. The van der Waals surface area contributed by atoms with Crippen LogP contribution < -0.4 is 22.8 Å². The normalized spacial score (nSPS) is 12.6. The van der Waals surface area contributed by atoms with E-state index in [-0.39, 0.29) is 0 Å². The van der Waals surface area contributed by atoms with Gasteiger partial charge in [0.25, 0.3) is 29.1 Å². The zero-order valence-corrected chi connectivity index (χ0v) is 83.0. The Morgan fingerprint density at radius 1 is 0.250 bits per heavy atom. The van der Waals surface area contributed by atoms with Gasteiger partial charge in [0.1, 0.15) is 30.6 Å². The van der Waals surface area contributed by atoms with Crippen molar-refractivity contribution in [1.29, 1.82) is 0 Å². The molecule has 686 valence electrons. The molecule has 0 saturated heterocycles. The van der Waals surface area contributed by atoms with Gasteiger partial charge >= 0.3 is 0 Å². The first-order valence-electron chi connectivity index (χ1n) is 49.2. The average molecular weight is 1810 g/mol. The lowest BCUT2D eigenvalue weighted by atomic mass is 9.99. The molecular formula is C116H127N20+5. The van der Waals surface area contributed by atoms with Gasteiger partial charge < -0.3 is 0 Å². The third-order valence-electron chi connectivity index (χ3n) is 25.3. The highest BCUT2D eigenvalue weighted by Gasteiger charge is 2.38. The Labute approximate surface area is 808 Å². The van der Waals surface area contributed by atoms with Gasteiger partial charge in [-0.2, -0.15) is 22.8 Å². The Hall–Kier alpha value is -15.1. The molecular weight excluding hydrogens is 1670 g/mol. The van der Waals surface area contributed by atoms with Crippen LogP contribution in [0.4, 0.5) is 0 Å². The lowest BCUT2D eigenvalue weighted by Gasteiger charge is -2.19. The van der Waals surface area contributed by atoms with Crippen LogP contribution in [0, 0.1) is 55.4 Å². The highest BCUT2D eigenvalue weighted by atomic mass is 15.2. The van der Waals surface area contributed by atoms with Gasteiger partial charge in [0, 0.05) is 14.1 Å². The molecule has 0 radical (unpaired) electrons. The molecule has 10 aromatic carbocycles. The number of rotatable bonds is 16. The summed E-state index contributed by atoms with van der Waals surface area (Å²) in [4.78, 5) is 45.2. The van der Waals surface area contributed by atoms with Gasteiger partial charge in [-0.15, -0.1) is 0 Å². The van der Waals surface area contributed by atoms with Gasteiger partial charge in [0.2, 0.25) is 0 Å². The maximum atomic E-state index is 9.06. The van der Waals surface area contributed by atoms with Crippen LogP contribution >= 0.6 is 0 Å². The third-order valence-corrected chi connectivity index (χ3v) is 25.3. The summed E-state index contributed by atoms with van der Waals surface area (Å²) < 4.78 is 75.0. The number of fused-ring (bicyclic) bond motifs is 5. The minimum absolute atomic E-state index is 0.324. The molecule has 10 heterocycles. The van der Waals surface area contributed by atoms with Gasteiger partial charge in [-0.05, 0) is 204 Å². The lowest BCUT2D eigenvalue weighted by molar-refractivity contribution is -0.634. The van der Waals surface area contributed by atoms with E-state index in [2.05, 4.69) is 344 Å². The second-order valence-corrected chi connectivity index (χ2v) is 36.3. The van der Waals surface area contributed by atoms with Crippen LogP contribution in [0.15, 0.2) is 280 Å². The first-order valence-corrected chi connectivity index (χ1v) is 46.2. The minimum atomic E-state index is -1.09. The second-order valence-electron chi connectivity index (χ2n) is 36.3. The summed E-state index contributed by atoms with van der Waals surface area (Å²) >= 11 is 0. The predicted molar refractivity (Wildman–Crippen MR) is 550 cm³/mol. The zero-order chi connectivity index (χ0) is 102. The van der Waals surface area contributed by atoms with E-state index in [1.807, 2.05) is 135 Å². The van der Waals surface area contributed by atoms with Crippen molar-refractivity contribution in [3.63, 3.8) is 0 Å². The quantitative estimate of drug-likeness (QED) is 0.0847. The highest BCUT2D eigenvalue weighted by molar-refractivity contribution is 5.85. The Balaban J connectivity index is 0.000000128. The first kappa shape index (κ1) is 86.4. The topological polar surface area (TPSA) is 173 Å².